The Hall–Kier alpha value is -1.60. The number of hydrogen-bond acceptors (Lipinski definition) is 5. The summed E-state index contributed by atoms with van der Waals surface area (Å²) >= 11 is 0. The highest BCUT2D eigenvalue weighted by atomic mass is 16.5. The Kier molecular flexibility index (Phi) is 7.71. The van der Waals surface area contributed by atoms with E-state index in [0.717, 1.165) is 57.5 Å². The topological polar surface area (TPSA) is 60.1 Å². The fourth-order valence-electron chi connectivity index (χ4n) is 3.41. The minimum atomic E-state index is 0.559. The first-order valence-electron chi connectivity index (χ1n) is 9.34. The maximum absolute atomic E-state index is 4.91. The zero-order valence-electron chi connectivity index (χ0n) is 16.4. The molecule has 142 valence electrons. The summed E-state index contributed by atoms with van der Waals surface area (Å²) in [7, 11) is 1.87. The smallest absolute Gasteiger partial charge is 0.193 e. The van der Waals surface area contributed by atoms with E-state index in [1.54, 1.807) is 6.26 Å². The van der Waals surface area contributed by atoms with E-state index in [1.165, 1.54) is 0 Å². The monoisotopic (exact) mass is 350 g/mol. The van der Waals surface area contributed by atoms with Crippen molar-refractivity contribution in [1.29, 1.82) is 0 Å². The lowest BCUT2D eigenvalue weighted by atomic mass is 10.2. The predicted octanol–water partition coefficient (Wildman–Crippen LogP) is 1.49. The molecule has 2 rings (SSSR count). The number of nitrogens with zero attached hydrogens (tertiary/aromatic N) is 5. The van der Waals surface area contributed by atoms with Crippen molar-refractivity contribution in [1.82, 2.24) is 25.2 Å². The summed E-state index contributed by atoms with van der Waals surface area (Å²) in [6.45, 7) is 15.8. The fourth-order valence-corrected chi connectivity index (χ4v) is 3.41. The van der Waals surface area contributed by atoms with Crippen LogP contribution in [-0.4, -0.2) is 84.2 Å². The van der Waals surface area contributed by atoms with Gasteiger partial charge in [-0.2, -0.15) is 0 Å². The quantitative estimate of drug-likeness (QED) is 0.594. The van der Waals surface area contributed by atoms with Crippen molar-refractivity contribution in [2.75, 3.05) is 46.3 Å². The zero-order chi connectivity index (χ0) is 18.2. The van der Waals surface area contributed by atoms with Gasteiger partial charge in [0.2, 0.25) is 0 Å². The second kappa shape index (κ2) is 9.77. The summed E-state index contributed by atoms with van der Waals surface area (Å²) in [5, 5.41) is 7.52. The fraction of sp³-hybridized carbons (Fsp3) is 0.778. The minimum Gasteiger partial charge on any atom is -0.364 e. The van der Waals surface area contributed by atoms with Gasteiger partial charge in [-0.15, -0.1) is 0 Å². The number of guanidine groups is 1. The van der Waals surface area contributed by atoms with Crippen LogP contribution in [0.25, 0.3) is 0 Å². The second-order valence-electron chi connectivity index (χ2n) is 7.15. The van der Waals surface area contributed by atoms with Gasteiger partial charge >= 0.3 is 0 Å². The molecule has 1 aliphatic heterocycles. The number of aromatic nitrogens is 1. The van der Waals surface area contributed by atoms with Crippen LogP contribution in [0.5, 0.6) is 0 Å². The predicted molar refractivity (Wildman–Crippen MR) is 102 cm³/mol. The van der Waals surface area contributed by atoms with Gasteiger partial charge < -0.3 is 14.7 Å². The molecule has 7 nitrogen and oxygen atoms in total. The first kappa shape index (κ1) is 19.7. The number of nitrogens with one attached hydrogen (secondary N) is 1. The van der Waals surface area contributed by atoms with Crippen molar-refractivity contribution in [3.8, 4) is 0 Å². The Morgan fingerprint density at radius 1 is 1.24 bits per heavy atom. The van der Waals surface area contributed by atoms with Crippen LogP contribution in [0.1, 0.15) is 33.4 Å². The molecule has 1 aromatic heterocycles. The highest BCUT2D eigenvalue weighted by molar-refractivity contribution is 5.80. The van der Waals surface area contributed by atoms with E-state index in [1.807, 2.05) is 13.1 Å². The Morgan fingerprint density at radius 2 is 1.92 bits per heavy atom. The number of hydrogen-bond donors (Lipinski definition) is 1. The maximum Gasteiger partial charge on any atom is 0.193 e. The van der Waals surface area contributed by atoms with Crippen LogP contribution in [0, 0.1) is 0 Å². The van der Waals surface area contributed by atoms with Gasteiger partial charge in [0.15, 0.2) is 5.96 Å². The van der Waals surface area contributed by atoms with Gasteiger partial charge in [-0.25, -0.2) is 0 Å². The summed E-state index contributed by atoms with van der Waals surface area (Å²) in [4.78, 5) is 11.7. The SMILES string of the molecule is CN=C(NCCN(C(C)C)C(C)C)N1CCN(Cc2ccon2)CC1. The molecule has 0 saturated carbocycles. The molecule has 0 radical (unpaired) electrons. The summed E-state index contributed by atoms with van der Waals surface area (Å²) in [5.41, 5.74) is 0.999. The summed E-state index contributed by atoms with van der Waals surface area (Å²) in [6.07, 6.45) is 1.63. The van der Waals surface area contributed by atoms with Crippen LogP contribution in [0.4, 0.5) is 0 Å². The molecule has 1 saturated heterocycles. The van der Waals surface area contributed by atoms with Crippen LogP contribution in [-0.2, 0) is 6.54 Å². The standard InChI is InChI=1S/C18H34N6O/c1-15(2)24(16(3)4)8-7-20-18(19-5)23-11-9-22(10-12-23)14-17-6-13-25-21-17/h6,13,15-16H,7-12,14H2,1-5H3,(H,19,20). The Morgan fingerprint density at radius 3 is 2.44 bits per heavy atom. The molecule has 1 N–H and O–H groups in total. The maximum atomic E-state index is 4.91. The molecule has 1 fully saturated rings. The van der Waals surface area contributed by atoms with Gasteiger partial charge in [0.05, 0.1) is 5.69 Å². The molecule has 0 spiro atoms. The molecule has 7 heteroatoms. The lowest BCUT2D eigenvalue weighted by Crippen LogP contribution is -2.53. The van der Waals surface area contributed by atoms with Gasteiger partial charge in [-0.3, -0.25) is 14.8 Å². The molecule has 2 heterocycles. The normalized spacial score (nSPS) is 17.1. The van der Waals surface area contributed by atoms with Crippen molar-refractivity contribution in [2.45, 2.75) is 46.3 Å². The van der Waals surface area contributed by atoms with Gasteiger partial charge in [0.1, 0.15) is 6.26 Å². The van der Waals surface area contributed by atoms with Crippen LogP contribution < -0.4 is 5.32 Å². The summed E-state index contributed by atoms with van der Waals surface area (Å²) in [6, 6.07) is 3.05. The third kappa shape index (κ3) is 6.01. The zero-order valence-corrected chi connectivity index (χ0v) is 16.4. The van der Waals surface area contributed by atoms with Crippen LogP contribution >= 0.6 is 0 Å². The molecular formula is C18H34N6O. The average Bonchev–Trinajstić information content (AvgIpc) is 3.08. The van der Waals surface area contributed by atoms with E-state index in [9.17, 15) is 0 Å². The number of aliphatic imine (C=N–C) groups is 1. The van der Waals surface area contributed by atoms with Gasteiger partial charge in [0.25, 0.3) is 0 Å². The van der Waals surface area contributed by atoms with E-state index in [4.69, 9.17) is 4.52 Å². The molecule has 0 amide bonds. The third-order valence-electron chi connectivity index (χ3n) is 4.74. The molecule has 0 unspecified atom stereocenters. The van der Waals surface area contributed by atoms with Crippen molar-refractivity contribution < 1.29 is 4.52 Å². The lowest BCUT2D eigenvalue weighted by molar-refractivity contribution is 0.165. The molecular weight excluding hydrogens is 316 g/mol. The van der Waals surface area contributed by atoms with Crippen LogP contribution in [0.2, 0.25) is 0 Å². The molecule has 25 heavy (non-hydrogen) atoms. The Bertz CT molecular complexity index is 498. The van der Waals surface area contributed by atoms with E-state index in [0.29, 0.717) is 12.1 Å². The number of rotatable bonds is 7. The first-order valence-corrected chi connectivity index (χ1v) is 9.34. The van der Waals surface area contributed by atoms with E-state index < -0.39 is 0 Å². The van der Waals surface area contributed by atoms with E-state index in [-0.39, 0.29) is 0 Å². The van der Waals surface area contributed by atoms with Gasteiger partial charge in [0, 0.05) is 71.0 Å². The average molecular weight is 351 g/mol. The highest BCUT2D eigenvalue weighted by Crippen LogP contribution is 2.07. The molecule has 0 aromatic carbocycles. The third-order valence-corrected chi connectivity index (χ3v) is 4.74. The van der Waals surface area contributed by atoms with Crippen LogP contribution in [0.3, 0.4) is 0 Å². The van der Waals surface area contributed by atoms with Crippen molar-refractivity contribution >= 4 is 5.96 Å². The lowest BCUT2D eigenvalue weighted by Gasteiger charge is -2.36. The largest absolute Gasteiger partial charge is 0.364 e. The second-order valence-corrected chi connectivity index (χ2v) is 7.15. The summed E-state index contributed by atoms with van der Waals surface area (Å²) in [5.74, 6) is 1.01. The highest BCUT2D eigenvalue weighted by Gasteiger charge is 2.20. The Balaban J connectivity index is 1.74. The Labute approximate surface area is 152 Å². The van der Waals surface area contributed by atoms with Crippen molar-refractivity contribution in [3.05, 3.63) is 18.0 Å². The van der Waals surface area contributed by atoms with Gasteiger partial charge in [-0.1, -0.05) is 5.16 Å². The first-order chi connectivity index (χ1) is 12.0. The van der Waals surface area contributed by atoms with Gasteiger partial charge in [-0.05, 0) is 27.7 Å². The van der Waals surface area contributed by atoms with E-state index in [2.05, 4.69) is 57.9 Å². The molecule has 1 aliphatic rings. The number of piperazine rings is 1. The minimum absolute atomic E-state index is 0.559. The summed E-state index contributed by atoms with van der Waals surface area (Å²) < 4.78 is 4.91. The molecule has 0 aliphatic carbocycles. The van der Waals surface area contributed by atoms with E-state index >= 15 is 0 Å². The van der Waals surface area contributed by atoms with Crippen molar-refractivity contribution in [3.63, 3.8) is 0 Å². The van der Waals surface area contributed by atoms with Crippen molar-refractivity contribution in [2.24, 2.45) is 4.99 Å². The molecule has 1 aromatic rings. The van der Waals surface area contributed by atoms with Crippen LogP contribution in [0.15, 0.2) is 21.8 Å². The molecule has 0 bridgehead atoms. The molecule has 0 atom stereocenters.